The van der Waals surface area contributed by atoms with Crippen LogP contribution in [0.15, 0.2) is 36.4 Å². The summed E-state index contributed by atoms with van der Waals surface area (Å²) in [5.41, 5.74) is 5.48. The third kappa shape index (κ3) is 7.33. The minimum atomic E-state index is -5.25. The van der Waals surface area contributed by atoms with Gasteiger partial charge in [0, 0.05) is 17.7 Å². The maximum atomic E-state index is 12.4. The average molecular weight is 601 g/mol. The molecular formula is C30H31F3N4O4S. The zero-order valence-corrected chi connectivity index (χ0v) is 24.3. The summed E-state index contributed by atoms with van der Waals surface area (Å²) in [7, 11) is 0. The summed E-state index contributed by atoms with van der Waals surface area (Å²) in [6.07, 6.45) is -2.10. The molecular weight excluding hydrogens is 569 g/mol. The predicted octanol–water partition coefficient (Wildman–Crippen LogP) is 6.08. The van der Waals surface area contributed by atoms with Crippen molar-refractivity contribution in [1.29, 1.82) is 5.26 Å². The normalized spacial score (nSPS) is 15.5. The van der Waals surface area contributed by atoms with Crippen molar-refractivity contribution in [2.45, 2.75) is 65.1 Å². The lowest BCUT2D eigenvalue weighted by Crippen LogP contribution is -2.39. The van der Waals surface area contributed by atoms with Crippen molar-refractivity contribution >= 4 is 23.5 Å². The van der Waals surface area contributed by atoms with E-state index >= 15 is 0 Å². The number of hydrogen-bond acceptors (Lipinski definition) is 9. The highest BCUT2D eigenvalue weighted by molar-refractivity contribution is 7.09. The largest absolute Gasteiger partial charge is 0.495 e. The summed E-state index contributed by atoms with van der Waals surface area (Å²) in [6.45, 7) is 7.28. The molecule has 0 bridgehead atoms. The van der Waals surface area contributed by atoms with Gasteiger partial charge < -0.3 is 0 Å². The molecule has 1 aliphatic rings. The number of halogens is 3. The molecule has 1 aliphatic heterocycles. The van der Waals surface area contributed by atoms with Crippen LogP contribution in [-0.4, -0.2) is 51.5 Å². The standard InChI is InChI=1S/C30H31F3N4O4S/c1-4-23-19(12-14-37-13-6-9-25(37)28(38)40-41-29(39)30(31,32)33)7-5-8-24(23)26-35-27(42-36-26)21-11-10-20(15-18(2)3)22(16-21)17-34/h5,7-8,10-11,16,18,25H,4,6,9,12-15H2,1-3H3/t25-/m0/s1. The maximum absolute atomic E-state index is 12.4. The van der Waals surface area contributed by atoms with Gasteiger partial charge >= 0.3 is 18.1 Å². The van der Waals surface area contributed by atoms with E-state index in [9.17, 15) is 28.0 Å². The Morgan fingerprint density at radius 3 is 2.67 bits per heavy atom. The first-order chi connectivity index (χ1) is 20.0. The number of benzene rings is 2. The zero-order valence-electron chi connectivity index (χ0n) is 23.5. The van der Waals surface area contributed by atoms with Crippen LogP contribution in [0.25, 0.3) is 22.0 Å². The number of nitrogens with zero attached hydrogens (tertiary/aromatic N) is 4. The highest BCUT2D eigenvalue weighted by Gasteiger charge is 2.44. The first kappa shape index (κ1) is 31.1. The molecule has 0 unspecified atom stereocenters. The molecule has 0 N–H and O–H groups in total. The number of rotatable bonds is 9. The minimum Gasteiger partial charge on any atom is -0.290 e. The van der Waals surface area contributed by atoms with E-state index in [0.717, 1.165) is 39.2 Å². The predicted molar refractivity (Wildman–Crippen MR) is 150 cm³/mol. The SMILES string of the molecule is CCc1c(CCN2CCC[C@H]2C(=O)OOC(=O)C(F)(F)F)cccc1-c1nsc(-c2ccc(CC(C)C)c(C#N)c2)n1. The Morgan fingerprint density at radius 2 is 1.98 bits per heavy atom. The van der Waals surface area contributed by atoms with Crippen LogP contribution in [0.5, 0.6) is 0 Å². The second-order valence-electron chi connectivity index (χ2n) is 10.5. The van der Waals surface area contributed by atoms with Gasteiger partial charge in [0.1, 0.15) is 11.0 Å². The molecule has 4 rings (SSSR count). The monoisotopic (exact) mass is 600 g/mol. The van der Waals surface area contributed by atoms with E-state index in [0.29, 0.717) is 56.1 Å². The Kier molecular flexibility index (Phi) is 9.96. The van der Waals surface area contributed by atoms with Gasteiger partial charge in [-0.2, -0.15) is 22.8 Å². The van der Waals surface area contributed by atoms with Crippen LogP contribution in [0.1, 0.15) is 55.9 Å². The number of alkyl halides is 3. The van der Waals surface area contributed by atoms with Crippen LogP contribution >= 0.6 is 11.5 Å². The smallest absolute Gasteiger partial charge is 0.290 e. The molecule has 1 atom stereocenters. The first-order valence-electron chi connectivity index (χ1n) is 13.7. The Labute approximate surface area is 246 Å². The van der Waals surface area contributed by atoms with Gasteiger partial charge in [-0.3, -0.25) is 4.90 Å². The summed E-state index contributed by atoms with van der Waals surface area (Å²) >= 11 is 1.27. The van der Waals surface area contributed by atoms with E-state index in [1.807, 2.05) is 48.2 Å². The van der Waals surface area contributed by atoms with Crippen molar-refractivity contribution in [2.75, 3.05) is 13.1 Å². The molecule has 42 heavy (non-hydrogen) atoms. The fourth-order valence-corrected chi connectivity index (χ4v) is 5.86. The average Bonchev–Trinajstić information content (AvgIpc) is 3.64. The Balaban J connectivity index is 1.47. The van der Waals surface area contributed by atoms with Crippen molar-refractivity contribution < 1.29 is 32.5 Å². The first-order valence-corrected chi connectivity index (χ1v) is 14.5. The van der Waals surface area contributed by atoms with Gasteiger partial charge in [-0.15, -0.1) is 0 Å². The van der Waals surface area contributed by atoms with Gasteiger partial charge in [0.25, 0.3) is 0 Å². The molecule has 1 saturated heterocycles. The van der Waals surface area contributed by atoms with Crippen molar-refractivity contribution in [3.63, 3.8) is 0 Å². The third-order valence-electron chi connectivity index (χ3n) is 7.13. The molecule has 12 heteroatoms. The van der Waals surface area contributed by atoms with E-state index in [-0.39, 0.29) is 0 Å². The van der Waals surface area contributed by atoms with Crippen molar-refractivity contribution in [3.05, 3.63) is 58.7 Å². The van der Waals surface area contributed by atoms with Crippen LogP contribution in [0.2, 0.25) is 0 Å². The van der Waals surface area contributed by atoms with Gasteiger partial charge in [-0.1, -0.05) is 51.1 Å². The lowest BCUT2D eigenvalue weighted by Gasteiger charge is -2.23. The highest BCUT2D eigenvalue weighted by atomic mass is 32.1. The molecule has 222 valence electrons. The summed E-state index contributed by atoms with van der Waals surface area (Å²) in [5.74, 6) is -2.57. The molecule has 0 amide bonds. The third-order valence-corrected chi connectivity index (χ3v) is 7.90. The molecule has 2 aromatic carbocycles. The maximum Gasteiger partial charge on any atom is 0.495 e. The fourth-order valence-electron chi connectivity index (χ4n) is 5.18. The Morgan fingerprint density at radius 1 is 1.19 bits per heavy atom. The Hall–Kier alpha value is -3.82. The molecule has 2 heterocycles. The van der Waals surface area contributed by atoms with Gasteiger partial charge in [0.15, 0.2) is 5.82 Å². The molecule has 3 aromatic rings. The zero-order chi connectivity index (χ0) is 30.4. The second kappa shape index (κ2) is 13.4. The van der Waals surface area contributed by atoms with Crippen molar-refractivity contribution in [2.24, 2.45) is 5.92 Å². The van der Waals surface area contributed by atoms with Crippen LogP contribution in [0.3, 0.4) is 0 Å². The highest BCUT2D eigenvalue weighted by Crippen LogP contribution is 2.31. The molecule has 1 fully saturated rings. The molecule has 0 aliphatic carbocycles. The van der Waals surface area contributed by atoms with Crippen molar-refractivity contribution in [3.8, 4) is 28.0 Å². The molecule has 0 radical (unpaired) electrons. The lowest BCUT2D eigenvalue weighted by atomic mass is 9.96. The van der Waals surface area contributed by atoms with Gasteiger partial charge in [-0.05, 0) is 78.9 Å². The number of aromatic nitrogens is 2. The van der Waals surface area contributed by atoms with Crippen molar-refractivity contribution in [1.82, 2.24) is 14.3 Å². The van der Waals surface area contributed by atoms with E-state index < -0.39 is 24.2 Å². The van der Waals surface area contributed by atoms with E-state index in [2.05, 4.69) is 34.1 Å². The van der Waals surface area contributed by atoms with E-state index in [1.165, 1.54) is 11.5 Å². The van der Waals surface area contributed by atoms with Crippen LogP contribution < -0.4 is 0 Å². The van der Waals surface area contributed by atoms with Gasteiger partial charge in [-0.25, -0.2) is 24.3 Å². The van der Waals surface area contributed by atoms with Crippen LogP contribution in [-0.2, 0) is 38.6 Å². The van der Waals surface area contributed by atoms with E-state index in [4.69, 9.17) is 4.98 Å². The summed E-state index contributed by atoms with van der Waals surface area (Å²) in [5, 5.41) is 10.4. The number of carbonyl (C=O) groups excluding carboxylic acids is 2. The summed E-state index contributed by atoms with van der Waals surface area (Å²) in [6, 6.07) is 13.2. The Bertz CT molecular complexity index is 1480. The molecule has 8 nitrogen and oxygen atoms in total. The number of carbonyl (C=O) groups is 2. The van der Waals surface area contributed by atoms with Crippen LogP contribution in [0.4, 0.5) is 13.2 Å². The molecule has 0 saturated carbocycles. The number of likely N-dealkylation sites (tertiary alicyclic amines) is 1. The van der Waals surface area contributed by atoms with E-state index in [1.54, 1.807) is 0 Å². The minimum absolute atomic E-state index is 0.389. The second-order valence-corrected chi connectivity index (χ2v) is 11.3. The number of nitriles is 1. The lowest BCUT2D eigenvalue weighted by molar-refractivity contribution is -0.287. The van der Waals surface area contributed by atoms with Gasteiger partial charge in [0.05, 0.1) is 11.6 Å². The fraction of sp³-hybridized carbons (Fsp3) is 0.433. The summed E-state index contributed by atoms with van der Waals surface area (Å²) in [4.78, 5) is 37.8. The number of hydrogen-bond donors (Lipinski definition) is 0. The topological polar surface area (TPSA) is 105 Å². The van der Waals surface area contributed by atoms with Crippen LogP contribution in [0, 0.1) is 17.2 Å². The molecule has 1 aromatic heterocycles. The summed E-state index contributed by atoms with van der Waals surface area (Å²) < 4.78 is 41.7. The quantitative estimate of drug-likeness (QED) is 0.215. The van der Waals surface area contributed by atoms with Gasteiger partial charge in [0.2, 0.25) is 0 Å². The molecule has 0 spiro atoms.